The van der Waals surface area contributed by atoms with Gasteiger partial charge in [-0.05, 0) is 47.0 Å². The maximum atomic E-state index is 4.60. The van der Waals surface area contributed by atoms with Gasteiger partial charge < -0.3 is 0 Å². The van der Waals surface area contributed by atoms with E-state index in [0.29, 0.717) is 0 Å². The number of aromatic nitrogens is 2. The molecule has 3 aromatic heterocycles. The molecule has 3 heterocycles. The molecule has 0 N–H and O–H groups in total. The topological polar surface area (TPSA) is 25.8 Å². The highest BCUT2D eigenvalue weighted by Gasteiger charge is 2.10. The first-order valence-corrected chi connectivity index (χ1v) is 8.04. The lowest BCUT2D eigenvalue weighted by molar-refractivity contribution is 1.29. The Morgan fingerprint density at radius 1 is 1.00 bits per heavy atom. The van der Waals surface area contributed by atoms with Crippen molar-refractivity contribution in [3.63, 3.8) is 0 Å². The zero-order valence-electron chi connectivity index (χ0n) is 12.2. The second-order valence-corrected chi connectivity index (χ2v) is 6.18. The van der Waals surface area contributed by atoms with Gasteiger partial charge in [-0.25, -0.2) is 0 Å². The Balaban J connectivity index is 1.86. The molecule has 0 saturated carbocycles. The molecule has 0 aliphatic rings. The molecule has 0 fully saturated rings. The van der Waals surface area contributed by atoms with E-state index >= 15 is 0 Å². The summed E-state index contributed by atoms with van der Waals surface area (Å²) in [5, 5.41) is 4.60. The maximum absolute atomic E-state index is 4.60. The Labute approximate surface area is 133 Å². The molecule has 0 saturated heterocycles. The Hall–Kier alpha value is -2.52. The van der Waals surface area contributed by atoms with Crippen molar-refractivity contribution in [2.75, 3.05) is 0 Å². The highest BCUT2D eigenvalue weighted by atomic mass is 32.1. The molecule has 0 aliphatic heterocycles. The first-order chi connectivity index (χ1) is 10.8. The highest BCUT2D eigenvalue weighted by Crippen LogP contribution is 2.35. The molecule has 3 heteroatoms. The Morgan fingerprint density at radius 2 is 1.91 bits per heavy atom. The maximum Gasteiger partial charge on any atom is 0.0880 e. The minimum atomic E-state index is 1.05. The largest absolute Gasteiger partial charge is 0.264 e. The van der Waals surface area contributed by atoms with Gasteiger partial charge in [-0.15, -0.1) is 11.3 Å². The van der Waals surface area contributed by atoms with Crippen LogP contribution in [-0.4, -0.2) is 9.97 Å². The summed E-state index contributed by atoms with van der Waals surface area (Å²) in [4.78, 5) is 10.0. The van der Waals surface area contributed by atoms with Gasteiger partial charge >= 0.3 is 0 Å². The van der Waals surface area contributed by atoms with Crippen LogP contribution < -0.4 is 0 Å². The van der Waals surface area contributed by atoms with Gasteiger partial charge in [0, 0.05) is 29.5 Å². The smallest absolute Gasteiger partial charge is 0.0880 e. The molecule has 0 spiro atoms. The van der Waals surface area contributed by atoms with Crippen LogP contribution in [0, 0.1) is 6.92 Å². The van der Waals surface area contributed by atoms with E-state index in [0.717, 1.165) is 5.69 Å². The normalized spacial score (nSPS) is 11.0. The summed E-state index contributed by atoms with van der Waals surface area (Å²) in [5.74, 6) is 0. The molecular weight excluding hydrogens is 288 g/mol. The fourth-order valence-corrected chi connectivity index (χ4v) is 3.60. The van der Waals surface area contributed by atoms with E-state index in [2.05, 4.69) is 58.7 Å². The van der Waals surface area contributed by atoms with Crippen LogP contribution in [0.5, 0.6) is 0 Å². The van der Waals surface area contributed by atoms with Crippen LogP contribution in [0.4, 0.5) is 0 Å². The number of pyridine rings is 2. The average molecular weight is 302 g/mol. The van der Waals surface area contributed by atoms with Crippen LogP contribution in [0.3, 0.4) is 0 Å². The number of benzene rings is 1. The molecule has 0 amide bonds. The number of hydrogen-bond acceptors (Lipinski definition) is 3. The monoisotopic (exact) mass is 302 g/mol. The number of thiophene rings is 1. The standard InChI is InChI=1S/C19H14N2S/c1-13-6-8-20-11-17(13)15-10-18(22-12-15)19-16-5-3-2-4-14(16)7-9-21-19/h2-12H,1H3. The lowest BCUT2D eigenvalue weighted by Crippen LogP contribution is -1.84. The van der Waals surface area contributed by atoms with Crippen LogP contribution in [0.25, 0.3) is 32.5 Å². The average Bonchev–Trinajstić information content (AvgIpc) is 3.04. The molecule has 106 valence electrons. The molecule has 2 nitrogen and oxygen atoms in total. The zero-order chi connectivity index (χ0) is 14.9. The second kappa shape index (κ2) is 5.35. The van der Waals surface area contributed by atoms with Gasteiger partial charge in [-0.2, -0.15) is 0 Å². The van der Waals surface area contributed by atoms with E-state index in [9.17, 15) is 0 Å². The van der Waals surface area contributed by atoms with Crippen molar-refractivity contribution in [3.8, 4) is 21.7 Å². The predicted molar refractivity (Wildman–Crippen MR) is 93.0 cm³/mol. The molecule has 0 unspecified atom stereocenters. The molecule has 22 heavy (non-hydrogen) atoms. The second-order valence-electron chi connectivity index (χ2n) is 5.27. The van der Waals surface area contributed by atoms with E-state index in [-0.39, 0.29) is 0 Å². The third-order valence-corrected chi connectivity index (χ3v) is 4.79. The molecule has 0 bridgehead atoms. The molecule has 4 aromatic rings. The fourth-order valence-electron chi connectivity index (χ4n) is 2.68. The van der Waals surface area contributed by atoms with Gasteiger partial charge in [-0.3, -0.25) is 9.97 Å². The number of fused-ring (bicyclic) bond motifs is 1. The quantitative estimate of drug-likeness (QED) is 0.500. The van der Waals surface area contributed by atoms with Crippen molar-refractivity contribution in [3.05, 3.63) is 72.0 Å². The van der Waals surface area contributed by atoms with Gasteiger partial charge in [0.2, 0.25) is 0 Å². The first-order valence-electron chi connectivity index (χ1n) is 7.16. The molecule has 0 aliphatic carbocycles. The van der Waals surface area contributed by atoms with E-state index in [1.54, 1.807) is 11.3 Å². The minimum absolute atomic E-state index is 1.05. The molecule has 0 atom stereocenters. The zero-order valence-corrected chi connectivity index (χ0v) is 13.0. The van der Waals surface area contributed by atoms with Crippen molar-refractivity contribution < 1.29 is 0 Å². The minimum Gasteiger partial charge on any atom is -0.264 e. The Bertz CT molecular complexity index is 951. The van der Waals surface area contributed by atoms with E-state index in [1.807, 2.05) is 24.7 Å². The van der Waals surface area contributed by atoms with Crippen molar-refractivity contribution in [1.29, 1.82) is 0 Å². The first kappa shape index (κ1) is 13.2. The van der Waals surface area contributed by atoms with Crippen LogP contribution in [0.1, 0.15) is 5.56 Å². The lowest BCUT2D eigenvalue weighted by atomic mass is 10.0. The summed E-state index contributed by atoms with van der Waals surface area (Å²) in [6.07, 6.45) is 5.64. The molecule has 0 radical (unpaired) electrons. The summed E-state index contributed by atoms with van der Waals surface area (Å²) in [6.45, 7) is 2.12. The van der Waals surface area contributed by atoms with Crippen molar-refractivity contribution >= 4 is 22.1 Å². The van der Waals surface area contributed by atoms with E-state index < -0.39 is 0 Å². The molecule has 4 rings (SSSR count). The SMILES string of the molecule is Cc1ccncc1-c1csc(-c2nccc3ccccc23)c1. The van der Waals surface area contributed by atoms with Crippen molar-refractivity contribution in [2.45, 2.75) is 6.92 Å². The summed E-state index contributed by atoms with van der Waals surface area (Å²) in [7, 11) is 0. The van der Waals surface area contributed by atoms with Gasteiger partial charge in [0.05, 0.1) is 10.6 Å². The number of nitrogens with zero attached hydrogens (tertiary/aromatic N) is 2. The number of aryl methyl sites for hydroxylation is 1. The van der Waals surface area contributed by atoms with Gasteiger partial charge in [0.1, 0.15) is 0 Å². The summed E-state index contributed by atoms with van der Waals surface area (Å²) in [5.41, 5.74) is 4.69. The Kier molecular flexibility index (Phi) is 3.20. The molecule has 1 aromatic carbocycles. The number of hydrogen-bond donors (Lipinski definition) is 0. The third kappa shape index (κ3) is 2.20. The van der Waals surface area contributed by atoms with Gasteiger partial charge in [0.25, 0.3) is 0 Å². The summed E-state index contributed by atoms with van der Waals surface area (Å²) < 4.78 is 0. The summed E-state index contributed by atoms with van der Waals surface area (Å²) >= 11 is 1.73. The van der Waals surface area contributed by atoms with E-state index in [4.69, 9.17) is 0 Å². The van der Waals surface area contributed by atoms with Gasteiger partial charge in [-0.1, -0.05) is 24.3 Å². The van der Waals surface area contributed by atoms with Crippen molar-refractivity contribution in [1.82, 2.24) is 9.97 Å². The lowest BCUT2D eigenvalue weighted by Gasteiger charge is -2.03. The fraction of sp³-hybridized carbons (Fsp3) is 0.0526. The third-order valence-electron chi connectivity index (χ3n) is 3.86. The highest BCUT2D eigenvalue weighted by molar-refractivity contribution is 7.14. The van der Waals surface area contributed by atoms with Gasteiger partial charge in [0.15, 0.2) is 0 Å². The van der Waals surface area contributed by atoms with Crippen LogP contribution >= 0.6 is 11.3 Å². The predicted octanol–water partition coefficient (Wildman–Crippen LogP) is 5.33. The summed E-state index contributed by atoms with van der Waals surface area (Å²) in [6, 6.07) is 14.7. The Morgan fingerprint density at radius 3 is 2.82 bits per heavy atom. The van der Waals surface area contributed by atoms with Crippen LogP contribution in [0.2, 0.25) is 0 Å². The molecular formula is C19H14N2S. The van der Waals surface area contributed by atoms with Crippen LogP contribution in [0.15, 0.2) is 66.4 Å². The van der Waals surface area contributed by atoms with Crippen molar-refractivity contribution in [2.24, 2.45) is 0 Å². The van der Waals surface area contributed by atoms with E-state index in [1.165, 1.54) is 32.3 Å². The van der Waals surface area contributed by atoms with Crippen LogP contribution in [-0.2, 0) is 0 Å². The number of rotatable bonds is 2.